The van der Waals surface area contributed by atoms with Crippen molar-refractivity contribution in [2.75, 3.05) is 39.1 Å². The van der Waals surface area contributed by atoms with E-state index in [0.717, 1.165) is 44.9 Å². The van der Waals surface area contributed by atoms with Crippen LogP contribution in [0.25, 0.3) is 0 Å². The first kappa shape index (κ1) is 31.2. The molecule has 0 aromatic rings. The fourth-order valence-corrected chi connectivity index (χ4v) is 4.97. The maximum absolute atomic E-state index is 12.4. The summed E-state index contributed by atoms with van der Waals surface area (Å²) in [6.45, 7) is 4.29. The van der Waals surface area contributed by atoms with Crippen LogP contribution in [-0.2, 0) is 27.4 Å². The van der Waals surface area contributed by atoms with Crippen LogP contribution >= 0.6 is 15.4 Å². The molecular formula is C20H45NO8P2. The zero-order valence-electron chi connectivity index (χ0n) is 19.4. The highest BCUT2D eigenvalue weighted by molar-refractivity contribution is 7.52. The molecule has 0 saturated heterocycles. The van der Waals surface area contributed by atoms with Gasteiger partial charge in [0.25, 0.3) is 0 Å². The first-order valence-corrected chi connectivity index (χ1v) is 14.9. The number of nitrogens with two attached hydrogens (primary N) is 1. The van der Waals surface area contributed by atoms with E-state index in [2.05, 4.69) is 18.4 Å². The molecule has 0 aromatic carbocycles. The van der Waals surface area contributed by atoms with E-state index >= 15 is 0 Å². The molecule has 0 heterocycles. The van der Waals surface area contributed by atoms with Crippen LogP contribution in [0.5, 0.6) is 0 Å². The Morgan fingerprint density at radius 3 is 1.97 bits per heavy atom. The summed E-state index contributed by atoms with van der Waals surface area (Å²) in [6, 6.07) is 0. The first-order chi connectivity index (χ1) is 14.8. The summed E-state index contributed by atoms with van der Waals surface area (Å²) < 4.78 is 44.8. The number of phosphoric acid groups is 1. The molecule has 4 N–H and O–H groups in total. The van der Waals surface area contributed by atoms with Gasteiger partial charge >= 0.3 is 15.4 Å². The topological polar surface area (TPSA) is 138 Å². The molecule has 0 radical (unpaired) electrons. The third-order valence-corrected chi connectivity index (χ3v) is 7.09. The summed E-state index contributed by atoms with van der Waals surface area (Å²) in [6.07, 6.45) is 10.4. The van der Waals surface area contributed by atoms with Gasteiger partial charge in [-0.2, -0.15) is 0 Å². The molecule has 0 spiro atoms. The van der Waals surface area contributed by atoms with Crippen LogP contribution in [0.4, 0.5) is 0 Å². The molecule has 31 heavy (non-hydrogen) atoms. The molecule has 0 aliphatic carbocycles. The Balaban J connectivity index is 4.50. The van der Waals surface area contributed by atoms with Crippen molar-refractivity contribution >= 4 is 15.4 Å². The highest BCUT2D eigenvalue weighted by Gasteiger charge is 2.29. The van der Waals surface area contributed by atoms with Crippen molar-refractivity contribution in [1.82, 2.24) is 0 Å². The van der Waals surface area contributed by atoms with Gasteiger partial charge in [-0.15, -0.1) is 0 Å². The molecule has 0 aliphatic heterocycles. The smallest absolute Gasteiger partial charge is 0.379 e. The highest BCUT2D eigenvalue weighted by atomic mass is 31.2. The number of hydrogen-bond acceptors (Lipinski definition) is 7. The summed E-state index contributed by atoms with van der Waals surface area (Å²) >= 11 is 0. The Bertz CT molecular complexity index is 510. The fraction of sp³-hybridized carbons (Fsp3) is 1.00. The Morgan fingerprint density at radius 2 is 1.35 bits per heavy atom. The van der Waals surface area contributed by atoms with Crippen molar-refractivity contribution in [2.24, 2.45) is 5.73 Å². The quantitative estimate of drug-likeness (QED) is 0.134. The normalized spacial score (nSPS) is 16.7. The van der Waals surface area contributed by atoms with E-state index in [1.54, 1.807) is 0 Å². The monoisotopic (exact) mass is 489 g/mol. The number of unbranched alkanes of at least 4 members (excludes halogenated alkanes) is 9. The molecule has 0 amide bonds. The van der Waals surface area contributed by atoms with Gasteiger partial charge in [0, 0.05) is 19.3 Å². The second-order valence-electron chi connectivity index (χ2n) is 7.73. The Kier molecular flexibility index (Phi) is 19.7. The van der Waals surface area contributed by atoms with E-state index in [1.165, 1.54) is 19.3 Å². The lowest BCUT2D eigenvalue weighted by molar-refractivity contribution is 0.0102. The van der Waals surface area contributed by atoms with Gasteiger partial charge in [-0.05, 0) is 12.8 Å². The third kappa shape index (κ3) is 20.5. The van der Waals surface area contributed by atoms with Crippen molar-refractivity contribution in [3.05, 3.63) is 0 Å². The van der Waals surface area contributed by atoms with Crippen LogP contribution in [0.3, 0.4) is 0 Å². The van der Waals surface area contributed by atoms with E-state index in [0.29, 0.717) is 13.0 Å². The van der Waals surface area contributed by atoms with E-state index in [1.807, 2.05) is 0 Å². The zero-order valence-corrected chi connectivity index (χ0v) is 21.2. The van der Waals surface area contributed by atoms with Crippen molar-refractivity contribution in [3.63, 3.8) is 0 Å². The van der Waals surface area contributed by atoms with Crippen molar-refractivity contribution in [1.29, 1.82) is 0 Å². The Labute approximate surface area is 188 Å². The molecule has 0 fully saturated rings. The fourth-order valence-electron chi connectivity index (χ4n) is 2.89. The van der Waals surface area contributed by atoms with Crippen LogP contribution in [0.1, 0.15) is 84.5 Å². The minimum Gasteiger partial charge on any atom is -0.379 e. The van der Waals surface area contributed by atoms with E-state index in [-0.39, 0.29) is 25.9 Å². The van der Waals surface area contributed by atoms with Gasteiger partial charge in [0.15, 0.2) is 0 Å². The van der Waals surface area contributed by atoms with Gasteiger partial charge in [-0.3, -0.25) is 13.6 Å². The van der Waals surface area contributed by atoms with Gasteiger partial charge in [0.1, 0.15) is 6.10 Å². The predicted molar refractivity (Wildman–Crippen MR) is 123 cm³/mol. The standard InChI is InChI=1S/C20H45NO8P2/c1-3-5-7-9-10-12-15-26-18-20(19-28-31(24,25)27-16-14-21)29-30(22,23)17-13-11-8-6-4-2/h20H,3-19,21H2,1-2H3,(H,22,23)(H,24,25). The second-order valence-corrected chi connectivity index (χ2v) is 11.1. The van der Waals surface area contributed by atoms with Crippen LogP contribution in [0.2, 0.25) is 0 Å². The molecular weight excluding hydrogens is 444 g/mol. The van der Waals surface area contributed by atoms with Crippen molar-refractivity contribution < 1.29 is 37.2 Å². The van der Waals surface area contributed by atoms with Gasteiger partial charge in [0.05, 0.1) is 19.8 Å². The zero-order chi connectivity index (χ0) is 23.4. The number of ether oxygens (including phenoxy) is 1. The molecule has 3 unspecified atom stereocenters. The molecule has 0 rings (SSSR count). The van der Waals surface area contributed by atoms with Crippen LogP contribution in [0.15, 0.2) is 0 Å². The molecule has 0 saturated carbocycles. The molecule has 188 valence electrons. The maximum Gasteiger partial charge on any atom is 0.472 e. The maximum atomic E-state index is 12.4. The van der Waals surface area contributed by atoms with Crippen molar-refractivity contribution in [2.45, 2.75) is 90.6 Å². The molecule has 0 bridgehead atoms. The van der Waals surface area contributed by atoms with Gasteiger partial charge in [-0.1, -0.05) is 71.6 Å². The number of rotatable bonds is 23. The molecule has 0 aliphatic rings. The van der Waals surface area contributed by atoms with E-state index < -0.39 is 28.1 Å². The molecule has 11 heteroatoms. The average Bonchev–Trinajstić information content (AvgIpc) is 2.72. The first-order valence-electron chi connectivity index (χ1n) is 11.7. The minimum absolute atomic E-state index is 0.00770. The summed E-state index contributed by atoms with van der Waals surface area (Å²) in [5.41, 5.74) is 5.26. The SMILES string of the molecule is CCCCCCCCOCC(COP(=O)(O)OCCN)OP(=O)(O)CCCCCCC. The van der Waals surface area contributed by atoms with Crippen LogP contribution in [0, 0.1) is 0 Å². The summed E-state index contributed by atoms with van der Waals surface area (Å²) in [5.74, 6) is 0. The average molecular weight is 490 g/mol. The Morgan fingerprint density at radius 1 is 0.774 bits per heavy atom. The van der Waals surface area contributed by atoms with E-state index in [9.17, 15) is 18.9 Å². The lowest BCUT2D eigenvalue weighted by Gasteiger charge is -2.22. The van der Waals surface area contributed by atoms with Gasteiger partial charge < -0.3 is 24.8 Å². The van der Waals surface area contributed by atoms with Crippen molar-refractivity contribution in [3.8, 4) is 0 Å². The summed E-state index contributed by atoms with van der Waals surface area (Å²) in [4.78, 5) is 19.8. The highest BCUT2D eigenvalue weighted by Crippen LogP contribution is 2.47. The summed E-state index contributed by atoms with van der Waals surface area (Å²) in [5, 5.41) is 0. The lowest BCUT2D eigenvalue weighted by Crippen LogP contribution is -2.25. The molecule has 9 nitrogen and oxygen atoms in total. The summed E-state index contributed by atoms with van der Waals surface area (Å²) in [7, 11) is -8.18. The van der Waals surface area contributed by atoms with E-state index in [4.69, 9.17) is 19.5 Å². The number of phosphoric ester groups is 1. The predicted octanol–water partition coefficient (Wildman–Crippen LogP) is 5.00. The Hall–Kier alpha value is 0.180. The largest absolute Gasteiger partial charge is 0.472 e. The second kappa shape index (κ2) is 19.6. The lowest BCUT2D eigenvalue weighted by atomic mass is 10.1. The van der Waals surface area contributed by atoms with Gasteiger partial charge in [-0.25, -0.2) is 4.57 Å². The third-order valence-electron chi connectivity index (χ3n) is 4.60. The molecule has 3 atom stereocenters. The minimum atomic E-state index is -4.31. The van der Waals surface area contributed by atoms with Gasteiger partial charge in [0.2, 0.25) is 0 Å². The van der Waals surface area contributed by atoms with Crippen LogP contribution < -0.4 is 5.73 Å². The van der Waals surface area contributed by atoms with Crippen LogP contribution in [-0.4, -0.2) is 55.0 Å². The molecule has 0 aromatic heterocycles. The number of hydrogen-bond donors (Lipinski definition) is 3.